The molecule has 35 heavy (non-hydrogen) atoms. The Morgan fingerprint density at radius 2 is 1.83 bits per heavy atom. The highest BCUT2D eigenvalue weighted by Crippen LogP contribution is 2.32. The molecule has 2 aromatic rings. The second-order valence-electron chi connectivity index (χ2n) is 8.61. The quantitative estimate of drug-likeness (QED) is 0.656. The number of nitrogens with one attached hydrogen (secondary N) is 1. The third kappa shape index (κ3) is 4.58. The smallest absolute Gasteiger partial charge is 0.262 e. The number of carbonyl (C=O) groups is 3. The zero-order valence-corrected chi connectivity index (χ0v) is 20.2. The van der Waals surface area contributed by atoms with Crippen molar-refractivity contribution in [3.8, 4) is 5.75 Å². The average molecular weight is 519 g/mol. The predicted molar refractivity (Wildman–Crippen MR) is 128 cm³/mol. The Labute approximate surface area is 207 Å². The maximum Gasteiger partial charge on any atom is 0.262 e. The second kappa shape index (κ2) is 9.14. The van der Waals surface area contributed by atoms with E-state index in [0.717, 1.165) is 0 Å². The van der Waals surface area contributed by atoms with E-state index >= 15 is 0 Å². The zero-order chi connectivity index (χ0) is 24.7. The maximum absolute atomic E-state index is 13.2. The number of sulfonamides is 1. The lowest BCUT2D eigenvalue weighted by molar-refractivity contribution is -0.137. The molecule has 1 N–H and O–H groups in total. The molecule has 3 aliphatic rings. The molecule has 0 unspecified atom stereocenters. The van der Waals surface area contributed by atoms with Gasteiger partial charge in [-0.2, -0.15) is 4.31 Å². The SMILES string of the molecule is O=C1COc2ccc(S(=O)(=O)N3CCN(C(=O)[C@H]4CC(=O)N(c5cccc(Cl)c5)C4)CC3)cc2N1. The summed E-state index contributed by atoms with van der Waals surface area (Å²) in [5.74, 6) is -0.729. The molecule has 12 heteroatoms. The lowest BCUT2D eigenvalue weighted by Crippen LogP contribution is -2.52. The monoisotopic (exact) mass is 518 g/mol. The molecule has 5 rings (SSSR count). The van der Waals surface area contributed by atoms with Crippen molar-refractivity contribution in [2.75, 3.05) is 49.5 Å². The summed E-state index contributed by atoms with van der Waals surface area (Å²) < 4.78 is 32.9. The van der Waals surface area contributed by atoms with E-state index in [4.69, 9.17) is 16.3 Å². The molecular formula is C23H23ClN4O6S. The molecular weight excluding hydrogens is 496 g/mol. The summed E-state index contributed by atoms with van der Waals surface area (Å²) in [6.07, 6.45) is 0.104. The van der Waals surface area contributed by atoms with Gasteiger partial charge in [0, 0.05) is 49.9 Å². The van der Waals surface area contributed by atoms with Crippen molar-refractivity contribution < 1.29 is 27.5 Å². The number of benzene rings is 2. The Balaban J connectivity index is 1.22. The number of hydrogen-bond donors (Lipinski definition) is 1. The van der Waals surface area contributed by atoms with Gasteiger partial charge in [0.2, 0.25) is 21.8 Å². The molecule has 1 atom stereocenters. The van der Waals surface area contributed by atoms with E-state index in [1.807, 2.05) is 0 Å². The fourth-order valence-corrected chi connectivity index (χ4v) is 6.18. The summed E-state index contributed by atoms with van der Waals surface area (Å²) in [4.78, 5) is 40.4. The van der Waals surface area contributed by atoms with Gasteiger partial charge in [-0.15, -0.1) is 0 Å². The molecule has 2 aromatic carbocycles. The van der Waals surface area contributed by atoms with Gasteiger partial charge in [-0.05, 0) is 36.4 Å². The summed E-state index contributed by atoms with van der Waals surface area (Å²) in [6.45, 7) is 0.868. The molecule has 0 saturated carbocycles. The third-order valence-electron chi connectivity index (χ3n) is 6.37. The topological polar surface area (TPSA) is 116 Å². The van der Waals surface area contributed by atoms with Crippen LogP contribution in [0.1, 0.15) is 6.42 Å². The summed E-state index contributed by atoms with van der Waals surface area (Å²) in [7, 11) is -3.83. The van der Waals surface area contributed by atoms with Gasteiger partial charge in [0.1, 0.15) is 5.75 Å². The molecule has 2 saturated heterocycles. The normalized spacial score (nSPS) is 20.9. The Kier molecular flexibility index (Phi) is 6.16. The van der Waals surface area contributed by atoms with Crippen LogP contribution < -0.4 is 15.0 Å². The van der Waals surface area contributed by atoms with Crippen LogP contribution in [0.4, 0.5) is 11.4 Å². The number of anilines is 2. The van der Waals surface area contributed by atoms with Crippen molar-refractivity contribution in [3.63, 3.8) is 0 Å². The number of halogens is 1. The van der Waals surface area contributed by atoms with Crippen LogP contribution in [0.15, 0.2) is 47.4 Å². The van der Waals surface area contributed by atoms with E-state index in [-0.39, 0.29) is 68.4 Å². The Bertz CT molecular complexity index is 1310. The van der Waals surface area contributed by atoms with Gasteiger partial charge in [0.15, 0.2) is 6.61 Å². The summed E-state index contributed by atoms with van der Waals surface area (Å²) >= 11 is 6.04. The van der Waals surface area contributed by atoms with Crippen molar-refractivity contribution >= 4 is 50.7 Å². The van der Waals surface area contributed by atoms with Crippen LogP contribution in [0.3, 0.4) is 0 Å². The molecule has 0 aromatic heterocycles. The third-order valence-corrected chi connectivity index (χ3v) is 8.50. The first kappa shape index (κ1) is 23.6. The number of hydrogen-bond acceptors (Lipinski definition) is 6. The summed E-state index contributed by atoms with van der Waals surface area (Å²) in [5.41, 5.74) is 0.964. The highest BCUT2D eigenvalue weighted by atomic mass is 35.5. The minimum absolute atomic E-state index is 0.0420. The molecule has 0 spiro atoms. The number of amides is 3. The Morgan fingerprint density at radius 1 is 1.06 bits per heavy atom. The predicted octanol–water partition coefficient (Wildman–Crippen LogP) is 1.56. The van der Waals surface area contributed by atoms with Crippen LogP contribution in [-0.2, 0) is 24.4 Å². The molecule has 0 radical (unpaired) electrons. The van der Waals surface area contributed by atoms with E-state index in [9.17, 15) is 22.8 Å². The van der Waals surface area contributed by atoms with Gasteiger partial charge in [-0.3, -0.25) is 14.4 Å². The largest absolute Gasteiger partial charge is 0.482 e. The van der Waals surface area contributed by atoms with Crippen LogP contribution in [-0.4, -0.2) is 74.7 Å². The van der Waals surface area contributed by atoms with Gasteiger partial charge in [0.25, 0.3) is 5.91 Å². The van der Waals surface area contributed by atoms with Gasteiger partial charge >= 0.3 is 0 Å². The van der Waals surface area contributed by atoms with Crippen molar-refractivity contribution in [3.05, 3.63) is 47.5 Å². The molecule has 10 nitrogen and oxygen atoms in total. The average Bonchev–Trinajstić information content (AvgIpc) is 3.24. The van der Waals surface area contributed by atoms with Gasteiger partial charge in [0.05, 0.1) is 16.5 Å². The first-order valence-electron chi connectivity index (χ1n) is 11.1. The van der Waals surface area contributed by atoms with Crippen molar-refractivity contribution in [2.24, 2.45) is 5.92 Å². The molecule has 0 aliphatic carbocycles. The van der Waals surface area contributed by atoms with Crippen LogP contribution in [0, 0.1) is 5.92 Å². The van der Waals surface area contributed by atoms with Crippen LogP contribution >= 0.6 is 11.6 Å². The van der Waals surface area contributed by atoms with Crippen molar-refractivity contribution in [1.29, 1.82) is 0 Å². The minimum Gasteiger partial charge on any atom is -0.482 e. The lowest BCUT2D eigenvalue weighted by atomic mass is 10.1. The van der Waals surface area contributed by atoms with E-state index in [1.54, 1.807) is 34.1 Å². The lowest BCUT2D eigenvalue weighted by Gasteiger charge is -2.35. The van der Waals surface area contributed by atoms with Gasteiger partial charge in [-0.25, -0.2) is 8.42 Å². The Morgan fingerprint density at radius 3 is 2.57 bits per heavy atom. The fraction of sp³-hybridized carbons (Fsp3) is 0.348. The molecule has 3 aliphatic heterocycles. The number of nitrogens with zero attached hydrogens (tertiary/aromatic N) is 3. The highest BCUT2D eigenvalue weighted by molar-refractivity contribution is 7.89. The number of rotatable bonds is 4. The number of carbonyl (C=O) groups excluding carboxylic acids is 3. The number of ether oxygens (including phenoxy) is 1. The Hall–Kier alpha value is -3.15. The molecule has 2 fully saturated rings. The molecule has 184 valence electrons. The maximum atomic E-state index is 13.2. The fourth-order valence-electron chi connectivity index (χ4n) is 4.55. The molecule has 3 amide bonds. The van der Waals surface area contributed by atoms with Gasteiger partial charge in [-0.1, -0.05) is 17.7 Å². The first-order valence-corrected chi connectivity index (χ1v) is 13.0. The molecule has 3 heterocycles. The van der Waals surface area contributed by atoms with Crippen LogP contribution in [0.25, 0.3) is 0 Å². The van der Waals surface area contributed by atoms with E-state index in [1.165, 1.54) is 22.5 Å². The highest BCUT2D eigenvalue weighted by Gasteiger charge is 2.39. The standard InChI is InChI=1S/C23H23ClN4O6S/c24-16-2-1-3-17(11-16)28-13-15(10-22(28)30)23(31)26-6-8-27(9-7-26)35(32,33)18-4-5-20-19(12-18)25-21(29)14-34-20/h1-5,11-12,15H,6-10,13-14H2,(H,25,29)/t15-/m0/s1. The number of fused-ring (bicyclic) bond motifs is 1. The summed E-state index contributed by atoms with van der Waals surface area (Å²) in [5, 5.41) is 3.12. The van der Waals surface area contributed by atoms with E-state index in [2.05, 4.69) is 5.32 Å². The van der Waals surface area contributed by atoms with Crippen LogP contribution in [0.5, 0.6) is 5.75 Å². The molecule has 0 bridgehead atoms. The van der Waals surface area contributed by atoms with E-state index < -0.39 is 15.9 Å². The minimum atomic E-state index is -3.83. The van der Waals surface area contributed by atoms with Crippen LogP contribution in [0.2, 0.25) is 5.02 Å². The zero-order valence-electron chi connectivity index (χ0n) is 18.6. The van der Waals surface area contributed by atoms with Crippen molar-refractivity contribution in [2.45, 2.75) is 11.3 Å². The number of piperazine rings is 1. The summed E-state index contributed by atoms with van der Waals surface area (Å²) in [6, 6.07) is 11.3. The van der Waals surface area contributed by atoms with Gasteiger partial charge < -0.3 is 19.9 Å². The van der Waals surface area contributed by atoms with Crippen molar-refractivity contribution in [1.82, 2.24) is 9.21 Å². The van der Waals surface area contributed by atoms with E-state index in [0.29, 0.717) is 22.1 Å². The second-order valence-corrected chi connectivity index (χ2v) is 11.0. The first-order chi connectivity index (χ1) is 16.7.